The lowest BCUT2D eigenvalue weighted by atomic mass is 9.84. The molecule has 0 unspecified atom stereocenters. The van der Waals surface area contributed by atoms with Gasteiger partial charge in [0.2, 0.25) is 0 Å². The van der Waals surface area contributed by atoms with Gasteiger partial charge < -0.3 is 0 Å². The summed E-state index contributed by atoms with van der Waals surface area (Å²) in [6.07, 6.45) is 5.29. The molecule has 258 valence electrons. The van der Waals surface area contributed by atoms with E-state index >= 15 is 0 Å². The zero-order valence-electron chi connectivity index (χ0n) is 30.4. The average molecular weight is 691 g/mol. The van der Waals surface area contributed by atoms with Gasteiger partial charge in [-0.25, -0.2) is 0 Å². The van der Waals surface area contributed by atoms with E-state index in [1.54, 1.807) is 0 Å². The zero-order chi connectivity index (χ0) is 36.1. The highest BCUT2D eigenvalue weighted by molar-refractivity contribution is 5.93. The van der Waals surface area contributed by atoms with Gasteiger partial charge >= 0.3 is 0 Å². The molecule has 1 aliphatic rings. The van der Waals surface area contributed by atoms with E-state index in [1.165, 1.54) is 83.5 Å². The Balaban J connectivity index is 1.01. The maximum atomic E-state index is 2.42. The lowest BCUT2D eigenvalue weighted by Gasteiger charge is -2.20. The molecule has 0 bridgehead atoms. The molecule has 0 spiro atoms. The van der Waals surface area contributed by atoms with Crippen LogP contribution in [0.2, 0.25) is 0 Å². The van der Waals surface area contributed by atoms with Crippen molar-refractivity contribution in [3.05, 3.63) is 240 Å². The fraction of sp³-hybridized carbons (Fsp3) is 0.0741. The number of allylic oxidation sites excluding steroid dienone is 1. The van der Waals surface area contributed by atoms with Crippen LogP contribution in [0.15, 0.2) is 206 Å². The summed E-state index contributed by atoms with van der Waals surface area (Å²) in [7, 11) is 0. The Labute approximate surface area is 319 Å². The third kappa shape index (κ3) is 7.12. The molecule has 0 heterocycles. The molecule has 0 heteroatoms. The first-order valence-corrected chi connectivity index (χ1v) is 19.1. The minimum Gasteiger partial charge on any atom is -0.0622 e. The van der Waals surface area contributed by atoms with E-state index in [0.29, 0.717) is 0 Å². The van der Waals surface area contributed by atoms with Crippen LogP contribution < -0.4 is 0 Å². The summed E-state index contributed by atoms with van der Waals surface area (Å²) in [5.74, 6) is 0.276. The van der Waals surface area contributed by atoms with Crippen molar-refractivity contribution in [2.24, 2.45) is 0 Å². The first kappa shape index (κ1) is 33.3. The molecule has 0 saturated heterocycles. The second-order valence-corrected chi connectivity index (χ2v) is 14.4. The van der Waals surface area contributed by atoms with Gasteiger partial charge in [0.25, 0.3) is 0 Å². The molecule has 54 heavy (non-hydrogen) atoms. The van der Waals surface area contributed by atoms with Crippen molar-refractivity contribution in [2.75, 3.05) is 0 Å². The largest absolute Gasteiger partial charge is 0.0622 e. The predicted molar refractivity (Wildman–Crippen MR) is 229 cm³/mol. The molecule has 0 radical (unpaired) electrons. The van der Waals surface area contributed by atoms with Gasteiger partial charge in [-0.15, -0.1) is 0 Å². The molecule has 0 aromatic heterocycles. The predicted octanol–water partition coefficient (Wildman–Crippen LogP) is 14.2. The van der Waals surface area contributed by atoms with Crippen molar-refractivity contribution in [1.82, 2.24) is 0 Å². The van der Waals surface area contributed by atoms with Crippen molar-refractivity contribution in [2.45, 2.75) is 25.2 Å². The molecule has 8 aromatic rings. The normalized spacial score (nSPS) is 12.1. The van der Waals surface area contributed by atoms with E-state index in [-0.39, 0.29) is 5.92 Å². The standard InChI is InChI=1S/C54H42/c1-4-14-40(15-5-1)43-24-28-45(29-25-43)52(46-30-26-44(27-31-46)41-16-6-2-7-17-41)34-23-39-13-12-21-47(35-39)48-32-33-50-37-51(42-18-8-3-9-19-42)36-49-20-10-11-22-53(49)54(50)38-48/h1-22,24-33,35-36,38,52H,23,34,37H2. The van der Waals surface area contributed by atoms with Gasteiger partial charge in [0.1, 0.15) is 0 Å². The first-order chi connectivity index (χ1) is 26.7. The lowest BCUT2D eigenvalue weighted by molar-refractivity contribution is 0.715. The molecule has 0 atom stereocenters. The van der Waals surface area contributed by atoms with Gasteiger partial charge in [-0.2, -0.15) is 0 Å². The van der Waals surface area contributed by atoms with Gasteiger partial charge in [0.05, 0.1) is 0 Å². The topological polar surface area (TPSA) is 0 Å². The SMILES string of the molecule is C1=C(c2ccccc2)Cc2ccc(-c3cccc(CCC(c4ccc(-c5ccccc5)cc4)c4ccc(-c5ccccc5)cc4)c3)cc2-c2ccccc21. The van der Waals surface area contributed by atoms with E-state index < -0.39 is 0 Å². The van der Waals surface area contributed by atoms with Crippen LogP contribution in [0.25, 0.3) is 56.2 Å². The molecular formula is C54H42. The van der Waals surface area contributed by atoms with E-state index in [4.69, 9.17) is 0 Å². The minimum absolute atomic E-state index is 0.276. The Bertz CT molecular complexity index is 2440. The van der Waals surface area contributed by atoms with Crippen molar-refractivity contribution in [3.63, 3.8) is 0 Å². The molecule has 0 fully saturated rings. The molecule has 0 N–H and O–H groups in total. The molecular weight excluding hydrogens is 649 g/mol. The van der Waals surface area contributed by atoms with Crippen LogP contribution in [0.3, 0.4) is 0 Å². The maximum Gasteiger partial charge on any atom is 0.00925 e. The van der Waals surface area contributed by atoms with Crippen molar-refractivity contribution < 1.29 is 0 Å². The quantitative estimate of drug-likeness (QED) is 0.141. The lowest BCUT2D eigenvalue weighted by Crippen LogP contribution is -2.04. The Kier molecular flexibility index (Phi) is 9.41. The van der Waals surface area contributed by atoms with Crippen molar-refractivity contribution in [1.29, 1.82) is 0 Å². The van der Waals surface area contributed by atoms with Crippen LogP contribution in [0.1, 0.15) is 45.7 Å². The summed E-state index contributed by atoms with van der Waals surface area (Å²) in [5.41, 5.74) is 19.5. The highest BCUT2D eigenvalue weighted by Crippen LogP contribution is 2.39. The Morgan fingerprint density at radius 1 is 0.370 bits per heavy atom. The number of aryl methyl sites for hydroxylation is 1. The van der Waals surface area contributed by atoms with Crippen LogP contribution in [0.5, 0.6) is 0 Å². The Morgan fingerprint density at radius 3 is 1.50 bits per heavy atom. The van der Waals surface area contributed by atoms with E-state index in [2.05, 4.69) is 212 Å². The van der Waals surface area contributed by atoms with Gasteiger partial charge in [-0.1, -0.05) is 206 Å². The van der Waals surface area contributed by atoms with Gasteiger partial charge in [-0.3, -0.25) is 0 Å². The number of rotatable bonds is 9. The molecule has 8 aromatic carbocycles. The fourth-order valence-electron chi connectivity index (χ4n) is 8.13. The summed E-state index contributed by atoms with van der Waals surface area (Å²) in [6.45, 7) is 0. The van der Waals surface area contributed by atoms with Crippen LogP contribution in [0.4, 0.5) is 0 Å². The molecule has 0 nitrogen and oxygen atoms in total. The monoisotopic (exact) mass is 690 g/mol. The number of benzene rings is 8. The van der Waals surface area contributed by atoms with Crippen LogP contribution in [0, 0.1) is 0 Å². The van der Waals surface area contributed by atoms with Crippen LogP contribution in [-0.4, -0.2) is 0 Å². The molecule has 0 amide bonds. The summed E-state index contributed by atoms with van der Waals surface area (Å²) in [5, 5.41) is 0. The van der Waals surface area contributed by atoms with E-state index in [1.807, 2.05) is 0 Å². The third-order valence-corrected chi connectivity index (χ3v) is 11.0. The number of hydrogen-bond acceptors (Lipinski definition) is 0. The van der Waals surface area contributed by atoms with Crippen LogP contribution >= 0.6 is 0 Å². The minimum atomic E-state index is 0.276. The average Bonchev–Trinajstić information content (AvgIpc) is 3.42. The molecule has 9 rings (SSSR count). The summed E-state index contributed by atoms with van der Waals surface area (Å²) in [6, 6.07) is 75.7. The van der Waals surface area contributed by atoms with Crippen LogP contribution in [-0.2, 0) is 12.8 Å². The first-order valence-electron chi connectivity index (χ1n) is 19.1. The fourth-order valence-corrected chi connectivity index (χ4v) is 8.13. The van der Waals surface area contributed by atoms with Gasteiger partial charge in [0.15, 0.2) is 0 Å². The molecule has 0 saturated carbocycles. The maximum absolute atomic E-state index is 2.42. The van der Waals surface area contributed by atoms with Crippen molar-refractivity contribution in [3.8, 4) is 44.5 Å². The van der Waals surface area contributed by atoms with Gasteiger partial charge in [0, 0.05) is 5.92 Å². The van der Waals surface area contributed by atoms with Gasteiger partial charge in [-0.05, 0) is 109 Å². The second-order valence-electron chi connectivity index (χ2n) is 14.4. The second kappa shape index (κ2) is 15.2. The highest BCUT2D eigenvalue weighted by Gasteiger charge is 2.18. The molecule has 0 aliphatic heterocycles. The number of hydrogen-bond donors (Lipinski definition) is 0. The third-order valence-electron chi connectivity index (χ3n) is 11.0. The molecule has 1 aliphatic carbocycles. The zero-order valence-corrected chi connectivity index (χ0v) is 30.4. The Hall–Kier alpha value is -6.50. The summed E-state index contributed by atoms with van der Waals surface area (Å²) < 4.78 is 0. The van der Waals surface area contributed by atoms with E-state index in [0.717, 1.165) is 19.3 Å². The highest BCUT2D eigenvalue weighted by atomic mass is 14.2. The van der Waals surface area contributed by atoms with E-state index in [9.17, 15) is 0 Å². The smallest absolute Gasteiger partial charge is 0.00925 e. The summed E-state index contributed by atoms with van der Waals surface area (Å²) in [4.78, 5) is 0. The Morgan fingerprint density at radius 2 is 0.870 bits per heavy atom. The van der Waals surface area contributed by atoms with Crippen molar-refractivity contribution >= 4 is 11.6 Å². The number of fused-ring (bicyclic) bond motifs is 3. The summed E-state index contributed by atoms with van der Waals surface area (Å²) >= 11 is 0.